The molecule has 0 aliphatic carbocycles. The van der Waals surface area contributed by atoms with E-state index in [1.807, 2.05) is 72.8 Å². The first-order valence-corrected chi connectivity index (χ1v) is 8.04. The van der Waals surface area contributed by atoms with Gasteiger partial charge in [0.15, 0.2) is 0 Å². The van der Waals surface area contributed by atoms with Gasteiger partial charge in [-0.05, 0) is 48.0 Å². The lowest BCUT2D eigenvalue weighted by Crippen LogP contribution is -2.09. The summed E-state index contributed by atoms with van der Waals surface area (Å²) in [6, 6.07) is 29.1. The normalized spacial score (nSPS) is 10.8. The number of anilines is 3. The average molecular weight is 340 g/mol. The molecule has 4 heteroatoms. The molecule has 0 saturated carbocycles. The third-order valence-electron chi connectivity index (χ3n) is 3.84. The molecule has 0 bridgehead atoms. The molecule has 0 fully saturated rings. The van der Waals surface area contributed by atoms with Crippen LogP contribution < -0.4 is 4.90 Å². The SMILES string of the molecule is N#C/C(=C/c1ccc(N(c2ccccc2)c2ccccc2)cc1)C(=O)O. The van der Waals surface area contributed by atoms with Crippen LogP contribution in [0.4, 0.5) is 17.1 Å². The molecule has 0 unspecified atom stereocenters. The standard InChI is InChI=1S/C22H16N2O2/c23-16-18(22(25)26)15-17-11-13-21(14-12-17)24(19-7-3-1-4-8-19)20-9-5-2-6-10-20/h1-15H,(H,25,26)/b18-15-. The minimum atomic E-state index is -1.23. The Balaban J connectivity index is 2.01. The number of hydrogen-bond donors (Lipinski definition) is 1. The van der Waals surface area contributed by atoms with Crippen LogP contribution in [0.25, 0.3) is 6.08 Å². The fourth-order valence-corrected chi connectivity index (χ4v) is 2.63. The molecule has 0 saturated heterocycles. The van der Waals surface area contributed by atoms with Crippen LogP contribution in [0.15, 0.2) is 90.5 Å². The fourth-order valence-electron chi connectivity index (χ4n) is 2.63. The topological polar surface area (TPSA) is 64.3 Å². The summed E-state index contributed by atoms with van der Waals surface area (Å²) < 4.78 is 0. The molecule has 0 aromatic heterocycles. The summed E-state index contributed by atoms with van der Waals surface area (Å²) >= 11 is 0. The van der Waals surface area contributed by atoms with Crippen molar-refractivity contribution in [1.82, 2.24) is 0 Å². The van der Waals surface area contributed by atoms with Gasteiger partial charge in [0.2, 0.25) is 0 Å². The van der Waals surface area contributed by atoms with Crippen LogP contribution in [0.3, 0.4) is 0 Å². The molecule has 1 N–H and O–H groups in total. The Labute approximate surface area is 151 Å². The summed E-state index contributed by atoms with van der Waals surface area (Å²) in [4.78, 5) is 13.1. The van der Waals surface area contributed by atoms with Crippen LogP contribution in [0, 0.1) is 11.3 Å². The lowest BCUT2D eigenvalue weighted by molar-refractivity contribution is -0.132. The van der Waals surface area contributed by atoms with Crippen molar-refractivity contribution in [2.24, 2.45) is 0 Å². The summed E-state index contributed by atoms with van der Waals surface area (Å²) in [5.74, 6) is -1.23. The number of carbonyl (C=O) groups is 1. The zero-order valence-electron chi connectivity index (χ0n) is 13.9. The first kappa shape index (κ1) is 17.0. The molecule has 126 valence electrons. The van der Waals surface area contributed by atoms with E-state index in [-0.39, 0.29) is 5.57 Å². The van der Waals surface area contributed by atoms with Gasteiger partial charge < -0.3 is 10.0 Å². The highest BCUT2D eigenvalue weighted by atomic mass is 16.4. The van der Waals surface area contributed by atoms with E-state index in [4.69, 9.17) is 10.4 Å². The Kier molecular flexibility index (Phi) is 5.11. The van der Waals surface area contributed by atoms with E-state index in [1.54, 1.807) is 18.2 Å². The average Bonchev–Trinajstić information content (AvgIpc) is 2.69. The highest BCUT2D eigenvalue weighted by Crippen LogP contribution is 2.34. The maximum absolute atomic E-state index is 11.0. The molecule has 0 radical (unpaired) electrons. The second-order valence-corrected chi connectivity index (χ2v) is 5.57. The van der Waals surface area contributed by atoms with Crippen LogP contribution in [-0.4, -0.2) is 11.1 Å². The van der Waals surface area contributed by atoms with Crippen molar-refractivity contribution < 1.29 is 9.90 Å². The number of hydrogen-bond acceptors (Lipinski definition) is 3. The second kappa shape index (κ2) is 7.82. The molecule has 0 heterocycles. The molecule has 4 nitrogen and oxygen atoms in total. The number of nitriles is 1. The summed E-state index contributed by atoms with van der Waals surface area (Å²) in [6.45, 7) is 0. The van der Waals surface area contributed by atoms with Crippen LogP contribution in [0.2, 0.25) is 0 Å². The largest absolute Gasteiger partial charge is 0.477 e. The summed E-state index contributed by atoms with van der Waals surface area (Å²) in [5, 5.41) is 17.9. The van der Waals surface area contributed by atoms with E-state index in [0.29, 0.717) is 5.56 Å². The molecule has 0 amide bonds. The highest BCUT2D eigenvalue weighted by molar-refractivity contribution is 5.96. The first-order chi connectivity index (χ1) is 12.7. The van der Waals surface area contributed by atoms with Gasteiger partial charge in [0, 0.05) is 17.1 Å². The highest BCUT2D eigenvalue weighted by Gasteiger charge is 2.12. The van der Waals surface area contributed by atoms with Crippen molar-refractivity contribution in [2.45, 2.75) is 0 Å². The predicted octanol–water partition coefficient (Wildman–Crippen LogP) is 5.15. The lowest BCUT2D eigenvalue weighted by atomic mass is 10.1. The van der Waals surface area contributed by atoms with E-state index in [2.05, 4.69) is 4.90 Å². The number of carboxylic acid groups (broad SMARTS) is 1. The van der Waals surface area contributed by atoms with Crippen LogP contribution in [0.1, 0.15) is 5.56 Å². The molecule has 3 rings (SSSR count). The fraction of sp³-hybridized carbons (Fsp3) is 0. The smallest absolute Gasteiger partial charge is 0.346 e. The zero-order valence-corrected chi connectivity index (χ0v) is 13.9. The van der Waals surface area contributed by atoms with Crippen molar-refractivity contribution in [1.29, 1.82) is 5.26 Å². The predicted molar refractivity (Wildman–Crippen MR) is 102 cm³/mol. The molecular formula is C22H16N2O2. The minimum Gasteiger partial charge on any atom is -0.477 e. The quantitative estimate of drug-likeness (QED) is 0.515. The number of para-hydroxylation sites is 2. The van der Waals surface area contributed by atoms with E-state index >= 15 is 0 Å². The lowest BCUT2D eigenvalue weighted by Gasteiger charge is -2.25. The monoisotopic (exact) mass is 340 g/mol. The van der Waals surface area contributed by atoms with Crippen molar-refractivity contribution in [3.63, 3.8) is 0 Å². The Morgan fingerprint density at radius 3 is 1.69 bits per heavy atom. The number of aliphatic carboxylic acids is 1. The van der Waals surface area contributed by atoms with Gasteiger partial charge in [-0.2, -0.15) is 5.26 Å². The van der Waals surface area contributed by atoms with E-state index in [9.17, 15) is 4.79 Å². The third kappa shape index (κ3) is 3.80. The molecule has 0 aliphatic rings. The van der Waals surface area contributed by atoms with Crippen molar-refractivity contribution >= 4 is 29.1 Å². The van der Waals surface area contributed by atoms with Crippen molar-refractivity contribution in [2.75, 3.05) is 4.90 Å². The number of rotatable bonds is 5. The Morgan fingerprint density at radius 2 is 1.27 bits per heavy atom. The van der Waals surface area contributed by atoms with Gasteiger partial charge >= 0.3 is 5.97 Å². The molecule has 0 spiro atoms. The number of carboxylic acids is 1. The van der Waals surface area contributed by atoms with E-state index in [0.717, 1.165) is 17.1 Å². The summed E-state index contributed by atoms with van der Waals surface area (Å²) in [5.41, 5.74) is 3.35. The van der Waals surface area contributed by atoms with Gasteiger partial charge in [0.05, 0.1) is 0 Å². The van der Waals surface area contributed by atoms with Crippen LogP contribution in [0.5, 0.6) is 0 Å². The second-order valence-electron chi connectivity index (χ2n) is 5.57. The molecule has 3 aromatic rings. The summed E-state index contributed by atoms with van der Waals surface area (Å²) in [6.07, 6.45) is 1.36. The van der Waals surface area contributed by atoms with Gasteiger partial charge in [-0.3, -0.25) is 0 Å². The molecule has 3 aromatic carbocycles. The summed E-state index contributed by atoms with van der Waals surface area (Å²) in [7, 11) is 0. The Bertz CT molecular complexity index is 917. The van der Waals surface area contributed by atoms with Gasteiger partial charge in [-0.1, -0.05) is 48.5 Å². The van der Waals surface area contributed by atoms with Gasteiger partial charge in [-0.25, -0.2) is 4.79 Å². The van der Waals surface area contributed by atoms with Gasteiger partial charge in [0.1, 0.15) is 11.6 Å². The van der Waals surface area contributed by atoms with E-state index < -0.39 is 5.97 Å². The van der Waals surface area contributed by atoms with Crippen LogP contribution in [-0.2, 0) is 4.79 Å². The Hall–Kier alpha value is -3.84. The van der Waals surface area contributed by atoms with Crippen LogP contribution >= 0.6 is 0 Å². The minimum absolute atomic E-state index is 0.291. The molecule has 0 aliphatic heterocycles. The van der Waals surface area contributed by atoms with Crippen molar-refractivity contribution in [3.8, 4) is 6.07 Å². The molecular weight excluding hydrogens is 324 g/mol. The third-order valence-corrected chi connectivity index (χ3v) is 3.84. The molecule has 0 atom stereocenters. The number of nitrogens with zero attached hydrogens (tertiary/aromatic N) is 2. The maximum atomic E-state index is 11.0. The number of benzene rings is 3. The molecule has 26 heavy (non-hydrogen) atoms. The zero-order chi connectivity index (χ0) is 18.4. The Morgan fingerprint density at radius 1 is 0.808 bits per heavy atom. The maximum Gasteiger partial charge on any atom is 0.346 e. The van der Waals surface area contributed by atoms with Gasteiger partial charge in [-0.15, -0.1) is 0 Å². The first-order valence-electron chi connectivity index (χ1n) is 8.04. The van der Waals surface area contributed by atoms with E-state index in [1.165, 1.54) is 6.08 Å². The van der Waals surface area contributed by atoms with Crippen molar-refractivity contribution in [3.05, 3.63) is 96.1 Å². The van der Waals surface area contributed by atoms with Gasteiger partial charge in [0.25, 0.3) is 0 Å².